The third-order valence-corrected chi connectivity index (χ3v) is 5.26. The van der Waals surface area contributed by atoms with Gasteiger partial charge in [-0.2, -0.15) is 5.10 Å². The minimum absolute atomic E-state index is 0.0257. The zero-order valence-electron chi connectivity index (χ0n) is 14.3. The molecule has 0 bridgehead atoms. The molecule has 2 aliphatic rings. The number of hydrogen-bond acceptors (Lipinski definition) is 3. The molecule has 2 aliphatic heterocycles. The number of likely N-dealkylation sites (tertiary alicyclic amines) is 1. The van der Waals surface area contributed by atoms with E-state index in [0.29, 0.717) is 12.5 Å². The van der Waals surface area contributed by atoms with E-state index in [1.807, 2.05) is 35.5 Å². The van der Waals surface area contributed by atoms with Gasteiger partial charge in [0.25, 0.3) is 0 Å². The van der Waals surface area contributed by atoms with E-state index in [9.17, 15) is 4.79 Å². The number of carbonyl (C=O) groups is 1. The van der Waals surface area contributed by atoms with Gasteiger partial charge in [-0.1, -0.05) is 18.2 Å². The van der Waals surface area contributed by atoms with Crippen LogP contribution in [0.1, 0.15) is 48.8 Å². The molecule has 132 valence electrons. The summed E-state index contributed by atoms with van der Waals surface area (Å²) in [5.41, 5.74) is 2.33. The van der Waals surface area contributed by atoms with E-state index in [2.05, 4.69) is 21.6 Å². The normalized spacial score (nSPS) is 21.1. The lowest BCUT2D eigenvalue weighted by Gasteiger charge is -2.33. The fourth-order valence-corrected chi connectivity index (χ4v) is 3.82. The fourth-order valence-electron chi connectivity index (χ4n) is 3.82. The van der Waals surface area contributed by atoms with Crippen LogP contribution in [0.2, 0.25) is 0 Å². The van der Waals surface area contributed by atoms with Crippen molar-refractivity contribution in [1.82, 2.24) is 20.4 Å². The Kier molecular flexibility index (Phi) is 4.59. The topological polar surface area (TPSA) is 70.2 Å². The number of rotatable bonds is 2. The number of H-pyrrole nitrogens is 1. The first-order valence-corrected chi connectivity index (χ1v) is 9.07. The van der Waals surface area contributed by atoms with Gasteiger partial charge < -0.3 is 15.0 Å². The SMILES string of the molecule is O=C(NC1CCCOc2ccccc21)N1CCC(c2cn[nH]c2)CC1. The van der Waals surface area contributed by atoms with Gasteiger partial charge in [0.05, 0.1) is 18.8 Å². The molecule has 0 radical (unpaired) electrons. The lowest BCUT2D eigenvalue weighted by Crippen LogP contribution is -2.45. The molecule has 25 heavy (non-hydrogen) atoms. The summed E-state index contributed by atoms with van der Waals surface area (Å²) in [7, 11) is 0. The summed E-state index contributed by atoms with van der Waals surface area (Å²) in [4.78, 5) is 14.7. The molecule has 6 nitrogen and oxygen atoms in total. The van der Waals surface area contributed by atoms with Crippen molar-refractivity contribution in [2.24, 2.45) is 0 Å². The van der Waals surface area contributed by atoms with Crippen LogP contribution in [-0.4, -0.2) is 40.8 Å². The molecule has 1 unspecified atom stereocenters. The number of fused-ring (bicyclic) bond motifs is 1. The van der Waals surface area contributed by atoms with E-state index in [-0.39, 0.29) is 12.1 Å². The van der Waals surface area contributed by atoms with Crippen LogP contribution in [0.25, 0.3) is 0 Å². The first-order chi connectivity index (χ1) is 12.3. The van der Waals surface area contributed by atoms with Gasteiger partial charge >= 0.3 is 6.03 Å². The molecule has 4 rings (SSSR count). The van der Waals surface area contributed by atoms with E-state index in [4.69, 9.17) is 4.74 Å². The zero-order chi connectivity index (χ0) is 17.1. The van der Waals surface area contributed by atoms with Crippen LogP contribution in [0.3, 0.4) is 0 Å². The van der Waals surface area contributed by atoms with Crippen LogP contribution in [0.5, 0.6) is 5.75 Å². The lowest BCUT2D eigenvalue weighted by molar-refractivity contribution is 0.177. The van der Waals surface area contributed by atoms with Crippen molar-refractivity contribution < 1.29 is 9.53 Å². The van der Waals surface area contributed by atoms with Gasteiger partial charge in [-0.3, -0.25) is 5.10 Å². The Morgan fingerprint density at radius 3 is 2.88 bits per heavy atom. The lowest BCUT2D eigenvalue weighted by atomic mass is 9.92. The number of ether oxygens (including phenoxy) is 1. The van der Waals surface area contributed by atoms with Crippen molar-refractivity contribution in [3.05, 3.63) is 47.8 Å². The molecule has 0 aliphatic carbocycles. The van der Waals surface area contributed by atoms with Gasteiger partial charge in [-0.15, -0.1) is 0 Å². The number of carbonyl (C=O) groups excluding carboxylic acids is 1. The second-order valence-corrected chi connectivity index (χ2v) is 6.82. The first-order valence-electron chi connectivity index (χ1n) is 9.07. The molecular weight excluding hydrogens is 316 g/mol. The van der Waals surface area contributed by atoms with Gasteiger partial charge in [-0.25, -0.2) is 4.79 Å². The van der Waals surface area contributed by atoms with Gasteiger partial charge in [0, 0.05) is 24.8 Å². The van der Waals surface area contributed by atoms with Gasteiger partial charge in [0.15, 0.2) is 0 Å². The van der Waals surface area contributed by atoms with Crippen LogP contribution < -0.4 is 10.1 Å². The number of aromatic amines is 1. The maximum Gasteiger partial charge on any atom is 0.317 e. The molecule has 1 fully saturated rings. The highest BCUT2D eigenvalue weighted by atomic mass is 16.5. The van der Waals surface area contributed by atoms with E-state index in [1.165, 1.54) is 5.56 Å². The molecule has 2 N–H and O–H groups in total. The smallest absolute Gasteiger partial charge is 0.317 e. The molecule has 0 saturated carbocycles. The van der Waals surface area contributed by atoms with E-state index in [1.54, 1.807) is 0 Å². The predicted octanol–water partition coefficient (Wildman–Crippen LogP) is 3.21. The minimum atomic E-state index is 0.0257. The Morgan fingerprint density at radius 2 is 2.08 bits per heavy atom. The van der Waals surface area contributed by atoms with Gasteiger partial charge in [0.2, 0.25) is 0 Å². The number of nitrogens with zero attached hydrogens (tertiary/aromatic N) is 2. The summed E-state index contributed by atoms with van der Waals surface area (Å²) in [6, 6.07) is 8.07. The van der Waals surface area contributed by atoms with Crippen LogP contribution >= 0.6 is 0 Å². The summed E-state index contributed by atoms with van der Waals surface area (Å²) >= 11 is 0. The van der Waals surface area contributed by atoms with Crippen LogP contribution in [0.4, 0.5) is 4.79 Å². The third-order valence-electron chi connectivity index (χ3n) is 5.26. The van der Waals surface area contributed by atoms with Crippen molar-refractivity contribution in [1.29, 1.82) is 0 Å². The second kappa shape index (κ2) is 7.17. The van der Waals surface area contributed by atoms with Crippen molar-refractivity contribution in [3.63, 3.8) is 0 Å². The first kappa shape index (κ1) is 16.0. The maximum atomic E-state index is 12.7. The Morgan fingerprint density at radius 1 is 1.24 bits per heavy atom. The standard InChI is InChI=1S/C19H24N4O2/c24-19(23-9-7-14(8-10-23)15-12-20-21-13-15)22-17-5-3-11-25-18-6-2-1-4-16(17)18/h1-2,4,6,12-14,17H,3,5,7-11H2,(H,20,21)(H,22,24). The largest absolute Gasteiger partial charge is 0.493 e. The summed E-state index contributed by atoms with van der Waals surface area (Å²) in [5, 5.41) is 10.1. The van der Waals surface area contributed by atoms with E-state index in [0.717, 1.165) is 50.1 Å². The number of piperidine rings is 1. The molecule has 6 heteroatoms. The molecule has 1 aromatic carbocycles. The minimum Gasteiger partial charge on any atom is -0.493 e. The van der Waals surface area contributed by atoms with Crippen molar-refractivity contribution in [3.8, 4) is 5.75 Å². The number of nitrogens with one attached hydrogen (secondary N) is 2. The highest BCUT2D eigenvalue weighted by Gasteiger charge is 2.27. The molecule has 0 spiro atoms. The Bertz CT molecular complexity index is 708. The number of benzene rings is 1. The molecule has 3 heterocycles. The Balaban J connectivity index is 1.38. The summed E-state index contributed by atoms with van der Waals surface area (Å²) < 4.78 is 5.79. The summed E-state index contributed by atoms with van der Waals surface area (Å²) in [5.74, 6) is 1.39. The molecule has 1 atom stereocenters. The maximum absolute atomic E-state index is 12.7. The third kappa shape index (κ3) is 3.48. The molecule has 2 amide bonds. The average molecular weight is 340 g/mol. The average Bonchev–Trinajstić information content (AvgIpc) is 3.12. The zero-order valence-corrected chi connectivity index (χ0v) is 14.3. The van der Waals surface area contributed by atoms with Crippen molar-refractivity contribution >= 4 is 6.03 Å². The fraction of sp³-hybridized carbons (Fsp3) is 0.474. The summed E-state index contributed by atoms with van der Waals surface area (Å²) in [6.45, 7) is 2.28. The predicted molar refractivity (Wildman–Crippen MR) is 94.6 cm³/mol. The van der Waals surface area contributed by atoms with Crippen LogP contribution in [0.15, 0.2) is 36.7 Å². The number of aromatic nitrogens is 2. The molecule has 1 saturated heterocycles. The Labute approximate surface area is 147 Å². The molecule has 2 aromatic rings. The number of hydrogen-bond donors (Lipinski definition) is 2. The second-order valence-electron chi connectivity index (χ2n) is 6.82. The molecule has 1 aromatic heterocycles. The monoisotopic (exact) mass is 340 g/mol. The van der Waals surface area contributed by atoms with Crippen molar-refractivity contribution in [2.75, 3.05) is 19.7 Å². The summed E-state index contributed by atoms with van der Waals surface area (Å²) in [6.07, 6.45) is 7.68. The van der Waals surface area contributed by atoms with Crippen LogP contribution in [-0.2, 0) is 0 Å². The highest BCUT2D eigenvalue weighted by molar-refractivity contribution is 5.75. The van der Waals surface area contributed by atoms with Gasteiger partial charge in [-0.05, 0) is 43.2 Å². The van der Waals surface area contributed by atoms with Gasteiger partial charge in [0.1, 0.15) is 5.75 Å². The van der Waals surface area contributed by atoms with E-state index < -0.39 is 0 Å². The number of para-hydroxylation sites is 1. The molecular formula is C19H24N4O2. The van der Waals surface area contributed by atoms with Crippen LogP contribution in [0, 0.1) is 0 Å². The highest BCUT2D eigenvalue weighted by Crippen LogP contribution is 2.32. The number of amides is 2. The Hall–Kier alpha value is -2.50. The van der Waals surface area contributed by atoms with E-state index >= 15 is 0 Å². The number of urea groups is 1. The quantitative estimate of drug-likeness (QED) is 0.882. The van der Waals surface area contributed by atoms with Crippen molar-refractivity contribution in [2.45, 2.75) is 37.6 Å².